The molecule has 0 aliphatic carbocycles. The molecule has 0 bridgehead atoms. The van der Waals surface area contributed by atoms with E-state index in [1.54, 1.807) is 6.07 Å². The summed E-state index contributed by atoms with van der Waals surface area (Å²) in [4.78, 5) is 35.0. The van der Waals surface area contributed by atoms with Gasteiger partial charge in [0.15, 0.2) is 5.82 Å². The van der Waals surface area contributed by atoms with E-state index in [1.807, 2.05) is 56.3 Å². The third-order valence-corrected chi connectivity index (χ3v) is 6.37. The van der Waals surface area contributed by atoms with Crippen LogP contribution < -0.4 is 20.3 Å². The van der Waals surface area contributed by atoms with E-state index in [9.17, 15) is 22.8 Å². The average molecular weight is 578 g/mol. The van der Waals surface area contributed by atoms with E-state index in [-0.39, 0.29) is 30.2 Å². The van der Waals surface area contributed by atoms with Gasteiger partial charge >= 0.3 is 12.4 Å². The summed E-state index contributed by atoms with van der Waals surface area (Å²) in [5.41, 5.74) is 3.78. The average Bonchev–Trinajstić information content (AvgIpc) is 3.56. The molecule has 3 amide bonds. The molecule has 5 rings (SSSR count). The fourth-order valence-corrected chi connectivity index (χ4v) is 4.44. The van der Waals surface area contributed by atoms with E-state index in [0.29, 0.717) is 23.6 Å². The second-order valence-electron chi connectivity index (χ2n) is 9.61. The minimum Gasteiger partial charge on any atom is -0.406 e. The Morgan fingerprint density at radius 1 is 1.05 bits per heavy atom. The first-order chi connectivity index (χ1) is 20.1. The molecule has 1 aliphatic rings. The number of hydrogen-bond donors (Lipinski definition) is 2. The van der Waals surface area contributed by atoms with Gasteiger partial charge in [0.2, 0.25) is 5.96 Å². The number of nitrogens with zero attached hydrogens (tertiary/aromatic N) is 5. The van der Waals surface area contributed by atoms with Crippen LogP contribution >= 0.6 is 0 Å². The molecule has 4 aromatic rings. The number of alkyl halides is 3. The van der Waals surface area contributed by atoms with Gasteiger partial charge in [-0.2, -0.15) is 0 Å². The number of carbonyl (C=O) groups is 2. The third kappa shape index (κ3) is 6.74. The van der Waals surface area contributed by atoms with Crippen LogP contribution in [0, 0.1) is 6.92 Å². The molecule has 1 aromatic heterocycles. The zero-order valence-corrected chi connectivity index (χ0v) is 22.6. The quantitative estimate of drug-likeness (QED) is 0.329. The van der Waals surface area contributed by atoms with Crippen LogP contribution in [-0.2, 0) is 11.2 Å². The predicted octanol–water partition coefficient (Wildman–Crippen LogP) is 4.77. The lowest BCUT2D eigenvalue weighted by molar-refractivity contribution is -0.274. The van der Waals surface area contributed by atoms with Crippen LogP contribution in [0.3, 0.4) is 0 Å². The molecule has 0 radical (unpaired) electrons. The van der Waals surface area contributed by atoms with Crippen molar-refractivity contribution in [1.29, 1.82) is 0 Å². The molecule has 0 spiro atoms. The highest BCUT2D eigenvalue weighted by atomic mass is 19.4. The van der Waals surface area contributed by atoms with Crippen LogP contribution in [-0.4, -0.2) is 51.6 Å². The number of amides is 3. The fraction of sp³-hybridized carbons (Fsp3) is 0.207. The Bertz CT molecular complexity index is 1620. The Kier molecular flexibility index (Phi) is 7.91. The molecule has 10 nitrogen and oxygen atoms in total. The normalized spacial score (nSPS) is 14.0. The number of aryl methyl sites for hydroxylation is 1. The smallest absolute Gasteiger partial charge is 0.406 e. The Morgan fingerprint density at radius 2 is 1.76 bits per heavy atom. The zero-order chi connectivity index (χ0) is 29.9. The van der Waals surface area contributed by atoms with Gasteiger partial charge in [-0.1, -0.05) is 42.5 Å². The van der Waals surface area contributed by atoms with Gasteiger partial charge in [-0.25, -0.2) is 24.4 Å². The fourth-order valence-electron chi connectivity index (χ4n) is 4.44. The van der Waals surface area contributed by atoms with Crippen molar-refractivity contribution in [3.63, 3.8) is 0 Å². The lowest BCUT2D eigenvalue weighted by atomic mass is 10.1. The molecule has 1 unspecified atom stereocenters. The standard InChI is InChI=1S/C29H26F3N7O3/c1-18-5-3-4-6-24(18)39-25(40)16-33-27(39)36-28(41)35-19(2)15-20-7-9-21(10-8-20)26-34-17-38(37-26)22-11-13-23(14-12-22)42-29(30,31)32/h3-14,17,19H,15-16H2,1-2H3,(H2,33,35,36,41). The number of halogens is 3. The number of ether oxygens (including phenoxy) is 1. The van der Waals surface area contributed by atoms with E-state index in [4.69, 9.17) is 0 Å². The van der Waals surface area contributed by atoms with Gasteiger partial charge in [-0.05, 0) is 61.7 Å². The van der Waals surface area contributed by atoms with Crippen molar-refractivity contribution in [1.82, 2.24) is 25.4 Å². The number of nitrogens with one attached hydrogen (secondary N) is 2. The number of hydrogen-bond acceptors (Lipinski definition) is 6. The molecule has 1 atom stereocenters. The van der Waals surface area contributed by atoms with Gasteiger partial charge < -0.3 is 10.1 Å². The zero-order valence-electron chi connectivity index (χ0n) is 22.6. The number of urea groups is 1. The SMILES string of the molecule is Cc1ccccc1N1C(=O)CN=C1NC(=O)NC(C)Cc1ccc(-c2ncn(-c3ccc(OC(F)(F)F)cc3)n2)cc1. The minimum absolute atomic E-state index is 0.0395. The minimum atomic E-state index is -4.76. The van der Waals surface area contributed by atoms with Crippen molar-refractivity contribution in [3.05, 3.63) is 90.3 Å². The second-order valence-corrected chi connectivity index (χ2v) is 9.61. The Morgan fingerprint density at radius 3 is 2.45 bits per heavy atom. The van der Waals surface area contributed by atoms with Gasteiger partial charge in [0, 0.05) is 11.6 Å². The van der Waals surface area contributed by atoms with Gasteiger partial charge in [0.05, 0.1) is 11.4 Å². The summed E-state index contributed by atoms with van der Waals surface area (Å²) < 4.78 is 42.5. The summed E-state index contributed by atoms with van der Waals surface area (Å²) in [6.45, 7) is 3.71. The van der Waals surface area contributed by atoms with Crippen molar-refractivity contribution in [3.8, 4) is 22.8 Å². The first-order valence-electron chi connectivity index (χ1n) is 12.9. The summed E-state index contributed by atoms with van der Waals surface area (Å²) in [6.07, 6.45) is -2.75. The number of aromatic nitrogens is 3. The highest BCUT2D eigenvalue weighted by Gasteiger charge is 2.31. The molecule has 0 fully saturated rings. The topological polar surface area (TPSA) is 114 Å². The van der Waals surface area contributed by atoms with Crippen LogP contribution in [0.15, 0.2) is 84.1 Å². The summed E-state index contributed by atoms with van der Waals surface area (Å²) in [5, 5.41) is 9.97. The maximum atomic E-state index is 12.7. The highest BCUT2D eigenvalue weighted by molar-refractivity contribution is 6.23. The first-order valence-corrected chi connectivity index (χ1v) is 12.9. The van der Waals surface area contributed by atoms with Crippen LogP contribution in [0.25, 0.3) is 17.1 Å². The maximum Gasteiger partial charge on any atom is 0.573 e. The van der Waals surface area contributed by atoms with E-state index >= 15 is 0 Å². The summed E-state index contributed by atoms with van der Waals surface area (Å²) in [6, 6.07) is 19.5. The van der Waals surface area contributed by atoms with E-state index in [2.05, 4.69) is 30.4 Å². The number of carbonyl (C=O) groups excluding carboxylic acids is 2. The largest absolute Gasteiger partial charge is 0.573 e. The monoisotopic (exact) mass is 577 g/mol. The van der Waals surface area contributed by atoms with Gasteiger partial charge in [-0.15, -0.1) is 18.3 Å². The summed E-state index contributed by atoms with van der Waals surface area (Å²) in [5.74, 6) is 0.0733. The van der Waals surface area contributed by atoms with Crippen LogP contribution in [0.1, 0.15) is 18.1 Å². The molecule has 0 saturated heterocycles. The summed E-state index contributed by atoms with van der Waals surface area (Å²) in [7, 11) is 0. The Hall–Kier alpha value is -5.20. The molecule has 13 heteroatoms. The van der Waals surface area contributed by atoms with Crippen molar-refractivity contribution in [2.45, 2.75) is 32.7 Å². The molecular formula is C29H26F3N7O3. The lowest BCUT2D eigenvalue weighted by Crippen LogP contribution is -2.50. The van der Waals surface area contributed by atoms with Crippen LogP contribution in [0.4, 0.5) is 23.7 Å². The van der Waals surface area contributed by atoms with Gasteiger partial charge in [-0.3, -0.25) is 10.1 Å². The molecule has 2 heterocycles. The van der Waals surface area contributed by atoms with Crippen molar-refractivity contribution < 1.29 is 27.5 Å². The predicted molar refractivity (Wildman–Crippen MR) is 149 cm³/mol. The lowest BCUT2D eigenvalue weighted by Gasteiger charge is -2.22. The summed E-state index contributed by atoms with van der Waals surface area (Å²) >= 11 is 0. The number of benzene rings is 3. The number of aliphatic imine (C=N–C) groups is 1. The Balaban J connectivity index is 1.16. The van der Waals surface area contributed by atoms with Gasteiger partial charge in [0.25, 0.3) is 5.91 Å². The third-order valence-electron chi connectivity index (χ3n) is 6.37. The number of para-hydroxylation sites is 1. The number of guanidine groups is 1. The van der Waals surface area contributed by atoms with Crippen LogP contribution in [0.5, 0.6) is 5.75 Å². The molecule has 216 valence electrons. The Labute approximate surface area is 238 Å². The van der Waals surface area contributed by atoms with E-state index in [0.717, 1.165) is 16.7 Å². The highest BCUT2D eigenvalue weighted by Crippen LogP contribution is 2.25. The number of anilines is 1. The number of rotatable bonds is 7. The van der Waals surface area contributed by atoms with E-state index < -0.39 is 12.4 Å². The maximum absolute atomic E-state index is 12.7. The van der Waals surface area contributed by atoms with E-state index in [1.165, 1.54) is 40.2 Å². The van der Waals surface area contributed by atoms with Crippen LogP contribution in [0.2, 0.25) is 0 Å². The molecule has 0 saturated carbocycles. The first kappa shape index (κ1) is 28.3. The van der Waals surface area contributed by atoms with Crippen molar-refractivity contribution in [2.24, 2.45) is 4.99 Å². The molecule has 1 aliphatic heterocycles. The molecule has 3 aromatic carbocycles. The van der Waals surface area contributed by atoms with Gasteiger partial charge in [0.1, 0.15) is 18.6 Å². The molecule has 2 N–H and O–H groups in total. The van der Waals surface area contributed by atoms with Crippen molar-refractivity contribution >= 4 is 23.6 Å². The molecule has 42 heavy (non-hydrogen) atoms. The molecular weight excluding hydrogens is 551 g/mol. The second kappa shape index (κ2) is 11.7. The van der Waals surface area contributed by atoms with Crippen molar-refractivity contribution in [2.75, 3.05) is 11.4 Å².